The van der Waals surface area contributed by atoms with Crippen molar-refractivity contribution in [3.8, 4) is 28.3 Å². The van der Waals surface area contributed by atoms with Crippen molar-refractivity contribution in [2.24, 2.45) is 0 Å². The number of aromatic amines is 1. The van der Waals surface area contributed by atoms with Crippen LogP contribution in [-0.2, 0) is 0 Å². The molecule has 0 aliphatic rings. The van der Waals surface area contributed by atoms with Crippen molar-refractivity contribution in [3.05, 3.63) is 78.1 Å². The van der Waals surface area contributed by atoms with E-state index in [9.17, 15) is 0 Å². The molecule has 4 rings (SSSR count). The molecule has 114 valence electrons. The lowest BCUT2D eigenvalue weighted by Gasteiger charge is -2.05. The Balaban J connectivity index is 1.89. The normalized spacial score (nSPS) is 10.7. The molecule has 0 radical (unpaired) electrons. The summed E-state index contributed by atoms with van der Waals surface area (Å²) < 4.78 is 0. The minimum absolute atomic E-state index is 0.657. The Hall–Kier alpha value is -3.38. The lowest BCUT2D eigenvalue weighted by atomic mass is 10.0. The maximum Gasteiger partial charge on any atom is 0.137 e. The topological polar surface area (TPSA) is 52.5 Å². The molecule has 2 heterocycles. The number of fused-ring (bicyclic) bond motifs is 1. The predicted octanol–water partition coefficient (Wildman–Crippen LogP) is 5.08. The zero-order chi connectivity index (χ0) is 16.5. The zero-order valence-electron chi connectivity index (χ0n) is 13.2. The first-order valence-corrected chi connectivity index (χ1v) is 7.79. The number of benzene rings is 2. The number of aryl methyl sites for hydroxylation is 1. The molecule has 2 aromatic carbocycles. The first-order chi connectivity index (χ1) is 11.7. The largest absolute Gasteiger partial charge is 0.346 e. The van der Waals surface area contributed by atoms with Gasteiger partial charge in [-0.25, -0.2) is 4.98 Å². The second kappa shape index (κ2) is 5.68. The third kappa shape index (κ3) is 2.45. The quantitative estimate of drug-likeness (QED) is 0.561. The molecule has 0 unspecified atom stereocenters. The zero-order valence-corrected chi connectivity index (χ0v) is 13.2. The molecular weight excluding hydrogens is 294 g/mol. The SMILES string of the molecule is Cc1cccc(-c2cnc3[nH]cc(-c4cccc(C#N)c4)c3c2)c1. The van der Waals surface area contributed by atoms with Crippen LogP contribution in [0.1, 0.15) is 11.1 Å². The van der Waals surface area contributed by atoms with Crippen molar-refractivity contribution in [1.29, 1.82) is 5.26 Å². The summed E-state index contributed by atoms with van der Waals surface area (Å²) >= 11 is 0. The Labute approximate surface area is 140 Å². The summed E-state index contributed by atoms with van der Waals surface area (Å²) in [6.45, 7) is 2.09. The van der Waals surface area contributed by atoms with Gasteiger partial charge in [-0.1, -0.05) is 42.0 Å². The highest BCUT2D eigenvalue weighted by Gasteiger charge is 2.09. The van der Waals surface area contributed by atoms with Crippen LogP contribution in [0.15, 0.2) is 67.0 Å². The van der Waals surface area contributed by atoms with Crippen LogP contribution in [0.2, 0.25) is 0 Å². The number of rotatable bonds is 2. The van der Waals surface area contributed by atoms with Crippen LogP contribution >= 0.6 is 0 Å². The molecule has 0 bridgehead atoms. The fourth-order valence-corrected chi connectivity index (χ4v) is 2.98. The molecule has 1 N–H and O–H groups in total. The minimum Gasteiger partial charge on any atom is -0.346 e. The maximum absolute atomic E-state index is 9.12. The van der Waals surface area contributed by atoms with E-state index in [0.29, 0.717) is 5.56 Å². The second-order valence-electron chi connectivity index (χ2n) is 5.88. The fourth-order valence-electron chi connectivity index (χ4n) is 2.98. The maximum atomic E-state index is 9.12. The van der Waals surface area contributed by atoms with Gasteiger partial charge >= 0.3 is 0 Å². The van der Waals surface area contributed by atoms with Crippen LogP contribution in [0, 0.1) is 18.3 Å². The van der Waals surface area contributed by atoms with E-state index in [0.717, 1.165) is 33.3 Å². The first kappa shape index (κ1) is 14.2. The Kier molecular flexibility index (Phi) is 3.36. The monoisotopic (exact) mass is 309 g/mol. The molecule has 0 saturated carbocycles. The number of nitriles is 1. The smallest absolute Gasteiger partial charge is 0.137 e. The molecule has 0 aliphatic carbocycles. The number of nitrogens with one attached hydrogen (secondary N) is 1. The average molecular weight is 309 g/mol. The van der Waals surface area contributed by atoms with Gasteiger partial charge in [0.25, 0.3) is 0 Å². The third-order valence-corrected chi connectivity index (χ3v) is 4.19. The van der Waals surface area contributed by atoms with E-state index in [1.807, 2.05) is 36.7 Å². The standard InChI is InChI=1S/C21H15N3/c1-14-4-2-6-16(8-14)18-10-19-20(13-24-21(19)23-12-18)17-7-3-5-15(9-17)11-22/h2-10,12-13H,1H3,(H,23,24). The van der Waals surface area contributed by atoms with Gasteiger partial charge in [0.05, 0.1) is 11.6 Å². The van der Waals surface area contributed by atoms with E-state index in [2.05, 4.69) is 53.3 Å². The van der Waals surface area contributed by atoms with Gasteiger partial charge in [0.15, 0.2) is 0 Å². The highest BCUT2D eigenvalue weighted by atomic mass is 14.8. The molecule has 0 atom stereocenters. The highest BCUT2D eigenvalue weighted by molar-refractivity contribution is 5.96. The van der Waals surface area contributed by atoms with Gasteiger partial charge in [-0.3, -0.25) is 0 Å². The molecule has 3 nitrogen and oxygen atoms in total. The van der Waals surface area contributed by atoms with E-state index in [-0.39, 0.29) is 0 Å². The van der Waals surface area contributed by atoms with Crippen molar-refractivity contribution in [2.45, 2.75) is 6.92 Å². The molecule has 0 fully saturated rings. The molecule has 0 aliphatic heterocycles. The Morgan fingerprint density at radius 3 is 2.62 bits per heavy atom. The summed E-state index contributed by atoms with van der Waals surface area (Å²) in [7, 11) is 0. The fraction of sp³-hybridized carbons (Fsp3) is 0.0476. The van der Waals surface area contributed by atoms with Crippen LogP contribution in [0.4, 0.5) is 0 Å². The molecule has 0 spiro atoms. The van der Waals surface area contributed by atoms with Gasteiger partial charge < -0.3 is 4.98 Å². The third-order valence-electron chi connectivity index (χ3n) is 4.19. The van der Waals surface area contributed by atoms with Crippen molar-refractivity contribution >= 4 is 11.0 Å². The number of hydrogen-bond donors (Lipinski definition) is 1. The second-order valence-corrected chi connectivity index (χ2v) is 5.88. The van der Waals surface area contributed by atoms with Crippen molar-refractivity contribution in [1.82, 2.24) is 9.97 Å². The molecule has 2 aromatic heterocycles. The lowest BCUT2D eigenvalue weighted by Crippen LogP contribution is -1.84. The molecular formula is C21H15N3. The van der Waals surface area contributed by atoms with Crippen molar-refractivity contribution in [3.63, 3.8) is 0 Å². The van der Waals surface area contributed by atoms with E-state index in [1.54, 1.807) is 0 Å². The number of H-pyrrole nitrogens is 1. The Morgan fingerprint density at radius 2 is 1.79 bits per heavy atom. The lowest BCUT2D eigenvalue weighted by molar-refractivity contribution is 1.32. The van der Waals surface area contributed by atoms with Crippen LogP contribution < -0.4 is 0 Å². The Bertz CT molecular complexity index is 1080. The average Bonchev–Trinajstić information content (AvgIpc) is 3.05. The number of hydrogen-bond acceptors (Lipinski definition) is 2. The predicted molar refractivity (Wildman–Crippen MR) is 96.4 cm³/mol. The number of aromatic nitrogens is 2. The van der Waals surface area contributed by atoms with Crippen LogP contribution in [-0.4, -0.2) is 9.97 Å². The van der Waals surface area contributed by atoms with Gasteiger partial charge in [0.1, 0.15) is 5.65 Å². The number of pyridine rings is 1. The summed E-state index contributed by atoms with van der Waals surface area (Å²) in [4.78, 5) is 7.78. The van der Waals surface area contributed by atoms with Crippen LogP contribution in [0.25, 0.3) is 33.3 Å². The van der Waals surface area contributed by atoms with E-state index in [1.165, 1.54) is 5.56 Å². The summed E-state index contributed by atoms with van der Waals surface area (Å²) in [6.07, 6.45) is 3.84. The van der Waals surface area contributed by atoms with Gasteiger partial charge in [-0.05, 0) is 36.2 Å². The van der Waals surface area contributed by atoms with E-state index >= 15 is 0 Å². The van der Waals surface area contributed by atoms with Crippen molar-refractivity contribution < 1.29 is 0 Å². The van der Waals surface area contributed by atoms with Gasteiger partial charge in [-0.2, -0.15) is 5.26 Å². The highest BCUT2D eigenvalue weighted by Crippen LogP contribution is 2.31. The molecule has 0 amide bonds. The molecule has 3 heteroatoms. The number of nitrogens with zero attached hydrogens (tertiary/aromatic N) is 2. The molecule has 4 aromatic rings. The van der Waals surface area contributed by atoms with Crippen LogP contribution in [0.3, 0.4) is 0 Å². The summed E-state index contributed by atoms with van der Waals surface area (Å²) in [5.41, 5.74) is 7.05. The molecule has 0 saturated heterocycles. The summed E-state index contributed by atoms with van der Waals surface area (Å²) in [5.74, 6) is 0. The van der Waals surface area contributed by atoms with Crippen molar-refractivity contribution in [2.75, 3.05) is 0 Å². The van der Waals surface area contributed by atoms with Gasteiger partial charge in [-0.15, -0.1) is 0 Å². The van der Waals surface area contributed by atoms with Gasteiger partial charge in [0, 0.05) is 28.9 Å². The van der Waals surface area contributed by atoms with Crippen LogP contribution in [0.5, 0.6) is 0 Å². The summed E-state index contributed by atoms with van der Waals surface area (Å²) in [6, 6.07) is 20.4. The Morgan fingerprint density at radius 1 is 0.958 bits per heavy atom. The van der Waals surface area contributed by atoms with Gasteiger partial charge in [0.2, 0.25) is 0 Å². The van der Waals surface area contributed by atoms with E-state index in [4.69, 9.17) is 5.26 Å². The molecule has 24 heavy (non-hydrogen) atoms. The first-order valence-electron chi connectivity index (χ1n) is 7.79. The van der Waals surface area contributed by atoms with E-state index < -0.39 is 0 Å². The minimum atomic E-state index is 0.657. The summed E-state index contributed by atoms with van der Waals surface area (Å²) in [5, 5.41) is 10.2.